The van der Waals surface area contributed by atoms with Gasteiger partial charge in [0.1, 0.15) is 11.6 Å². The Hall–Kier alpha value is -4.37. The van der Waals surface area contributed by atoms with Gasteiger partial charge in [0.25, 0.3) is 0 Å². The Morgan fingerprint density at radius 3 is 2.42 bits per heavy atom. The Labute approximate surface area is 260 Å². The molecule has 0 amide bonds. The molecule has 9 heteroatoms. The lowest BCUT2D eigenvalue weighted by atomic mass is 9.58. The molecule has 10 rings (SSSR count). The van der Waals surface area contributed by atoms with Gasteiger partial charge in [0, 0.05) is 34.7 Å². The summed E-state index contributed by atoms with van der Waals surface area (Å²) >= 11 is 0. The maximum absolute atomic E-state index is 15.7. The van der Waals surface area contributed by atoms with Crippen LogP contribution in [0.2, 0.25) is 0 Å². The molecular formula is C36H34N2O7. The third-order valence-corrected chi connectivity index (χ3v) is 12.2. The number of rotatable bonds is 3. The number of phenolic OH excluding ortho intramolecular Hbond substituents is 1. The predicted molar refractivity (Wildman–Crippen MR) is 165 cm³/mol. The van der Waals surface area contributed by atoms with Crippen molar-refractivity contribution in [3.63, 3.8) is 0 Å². The minimum atomic E-state index is -0.938. The molecule has 230 valence electrons. The van der Waals surface area contributed by atoms with Crippen molar-refractivity contribution >= 4 is 17.1 Å². The molecule has 7 aliphatic rings. The van der Waals surface area contributed by atoms with Crippen LogP contribution in [0.15, 0.2) is 36.4 Å². The second kappa shape index (κ2) is 8.26. The molecule has 3 aromatic rings. The highest BCUT2D eigenvalue weighted by Gasteiger charge is 2.78. The van der Waals surface area contributed by atoms with E-state index in [1.54, 1.807) is 20.3 Å². The van der Waals surface area contributed by atoms with Crippen LogP contribution in [0.3, 0.4) is 0 Å². The highest BCUT2D eigenvalue weighted by molar-refractivity contribution is 6.36. The van der Waals surface area contributed by atoms with Crippen LogP contribution in [0.4, 0.5) is 0 Å². The van der Waals surface area contributed by atoms with Gasteiger partial charge in [-0.3, -0.25) is 4.79 Å². The van der Waals surface area contributed by atoms with Gasteiger partial charge in [0.15, 0.2) is 40.3 Å². The first kappa shape index (κ1) is 25.9. The van der Waals surface area contributed by atoms with Gasteiger partial charge in [-0.05, 0) is 80.6 Å². The number of hydrogen-bond donors (Lipinski definition) is 1. The fraction of sp³-hybridized carbons (Fsp3) is 0.417. The highest BCUT2D eigenvalue weighted by atomic mass is 16.5. The molecule has 2 aliphatic carbocycles. The smallest absolute Gasteiger partial charge is 0.202 e. The number of carbonyl (C=O) groups is 1. The standard InChI is InChI=1S/C36H34N2O7/c1-37-14-12-35-20-16-36(34(35)45-32-24(43-4)9-6-18(27(32)35)15-21(20)37)33(40)26-19-7-10-22(41-2)29(39)30(19)44-31-23(42-3)8-5-17-11-13-38(36)28(26)25(17)31/h5-10,20-21,34,39H,11-16H2,1-4H3/t20-,21-,34+,35-,36+/m1/s1. The molecule has 3 aromatic carbocycles. The lowest BCUT2D eigenvalue weighted by molar-refractivity contribution is -0.126. The Bertz CT molecular complexity index is 1930. The minimum Gasteiger partial charge on any atom is -0.502 e. The van der Waals surface area contributed by atoms with Crippen LogP contribution >= 0.6 is 0 Å². The zero-order chi connectivity index (χ0) is 30.6. The zero-order valence-electron chi connectivity index (χ0n) is 25.7. The van der Waals surface area contributed by atoms with Crippen LogP contribution in [0.5, 0.6) is 40.2 Å². The van der Waals surface area contributed by atoms with Gasteiger partial charge >= 0.3 is 0 Å². The lowest BCUT2D eigenvalue weighted by Gasteiger charge is -2.52. The number of phenols is 1. The summed E-state index contributed by atoms with van der Waals surface area (Å²) in [4.78, 5) is 20.5. The first-order chi connectivity index (χ1) is 21.9. The number of likely N-dealkylation sites (N-methyl/N-ethyl adjacent to an activating group) is 1. The van der Waals surface area contributed by atoms with E-state index in [2.05, 4.69) is 29.0 Å². The predicted octanol–water partition coefficient (Wildman–Crippen LogP) is 4.55. The molecule has 0 aromatic heterocycles. The van der Waals surface area contributed by atoms with Gasteiger partial charge in [0.05, 0.1) is 32.6 Å². The van der Waals surface area contributed by atoms with Crippen molar-refractivity contribution in [3.8, 4) is 40.2 Å². The molecule has 9 nitrogen and oxygen atoms in total. The summed E-state index contributed by atoms with van der Waals surface area (Å²) in [5.74, 6) is 3.20. The van der Waals surface area contributed by atoms with Crippen molar-refractivity contribution in [2.24, 2.45) is 5.92 Å². The molecule has 2 bridgehead atoms. The third kappa shape index (κ3) is 2.68. The van der Waals surface area contributed by atoms with E-state index >= 15 is 4.79 Å². The Kier molecular flexibility index (Phi) is 4.75. The molecule has 2 fully saturated rings. The first-order valence-electron chi connectivity index (χ1n) is 15.8. The molecule has 2 spiro atoms. The van der Waals surface area contributed by atoms with E-state index in [1.807, 2.05) is 18.2 Å². The van der Waals surface area contributed by atoms with Crippen LogP contribution in [0, 0.1) is 5.92 Å². The number of hydrogen-bond acceptors (Lipinski definition) is 9. The number of Topliss-reactive ketones (excluding diaryl/α,β-unsaturated/α-hetero) is 1. The number of piperidine rings is 1. The van der Waals surface area contributed by atoms with Crippen LogP contribution in [-0.4, -0.2) is 79.8 Å². The number of ether oxygens (including phenoxy) is 5. The van der Waals surface area contributed by atoms with Gasteiger partial charge in [-0.2, -0.15) is 0 Å². The van der Waals surface area contributed by atoms with E-state index in [0.29, 0.717) is 41.6 Å². The number of methoxy groups -OCH3 is 3. The van der Waals surface area contributed by atoms with Gasteiger partial charge in [-0.1, -0.05) is 12.1 Å². The highest BCUT2D eigenvalue weighted by Crippen LogP contribution is 2.72. The number of carbonyl (C=O) groups excluding carboxylic acids is 1. The lowest BCUT2D eigenvalue weighted by Crippen LogP contribution is -2.62. The quantitative estimate of drug-likeness (QED) is 0.461. The Morgan fingerprint density at radius 1 is 0.911 bits per heavy atom. The molecule has 5 atom stereocenters. The summed E-state index contributed by atoms with van der Waals surface area (Å²) in [7, 11) is 7.04. The fourth-order valence-electron chi connectivity index (χ4n) is 10.5. The summed E-state index contributed by atoms with van der Waals surface area (Å²) in [6.45, 7) is 1.62. The van der Waals surface area contributed by atoms with E-state index in [-0.39, 0.29) is 40.5 Å². The van der Waals surface area contributed by atoms with Crippen molar-refractivity contribution in [3.05, 3.63) is 64.2 Å². The normalized spacial score (nSPS) is 30.8. The molecule has 0 radical (unpaired) electrons. The van der Waals surface area contributed by atoms with Crippen LogP contribution < -0.4 is 23.7 Å². The Morgan fingerprint density at radius 2 is 1.64 bits per heavy atom. The van der Waals surface area contributed by atoms with Crippen LogP contribution in [0.25, 0.3) is 11.3 Å². The van der Waals surface area contributed by atoms with E-state index in [9.17, 15) is 5.11 Å². The third-order valence-electron chi connectivity index (χ3n) is 12.2. The largest absolute Gasteiger partial charge is 0.502 e. The average Bonchev–Trinajstić information content (AvgIpc) is 3.59. The topological polar surface area (TPSA) is 89.9 Å². The SMILES string of the molecule is COc1ccc2c(c1O)Oc1c(OC)ccc3c1C1=C2C(=O)[C@]2(C[C@@H]4[C@H]5Cc6ccc(OC)c7c6[C@]4(CCN5C)[C@@H]2O7)N1CC3. The number of ketones is 1. The van der Waals surface area contributed by atoms with Gasteiger partial charge in [-0.25, -0.2) is 0 Å². The maximum atomic E-state index is 15.7. The van der Waals surface area contributed by atoms with E-state index in [0.717, 1.165) is 54.1 Å². The van der Waals surface area contributed by atoms with Crippen LogP contribution in [-0.2, 0) is 23.1 Å². The Balaban J connectivity index is 1.26. The molecule has 0 unspecified atom stereocenters. The van der Waals surface area contributed by atoms with E-state index in [4.69, 9.17) is 23.7 Å². The maximum Gasteiger partial charge on any atom is 0.202 e. The molecular weight excluding hydrogens is 572 g/mol. The molecule has 1 N–H and O–H groups in total. The second-order valence-corrected chi connectivity index (χ2v) is 13.6. The molecule has 45 heavy (non-hydrogen) atoms. The average molecular weight is 607 g/mol. The molecule has 1 saturated carbocycles. The number of likely N-dealkylation sites (tertiary alicyclic amines) is 1. The molecule has 5 heterocycles. The van der Waals surface area contributed by atoms with Gasteiger partial charge in [-0.15, -0.1) is 0 Å². The van der Waals surface area contributed by atoms with Crippen molar-refractivity contribution in [1.29, 1.82) is 0 Å². The summed E-state index contributed by atoms with van der Waals surface area (Å²) in [5, 5.41) is 11.4. The summed E-state index contributed by atoms with van der Waals surface area (Å²) in [6, 6.07) is 12.1. The first-order valence-corrected chi connectivity index (χ1v) is 15.8. The monoisotopic (exact) mass is 606 g/mol. The number of nitrogens with zero attached hydrogens (tertiary/aromatic N) is 2. The fourth-order valence-corrected chi connectivity index (χ4v) is 10.5. The zero-order valence-corrected chi connectivity index (χ0v) is 25.7. The summed E-state index contributed by atoms with van der Waals surface area (Å²) in [5.41, 5.74) is 5.26. The minimum absolute atomic E-state index is 0.0332. The van der Waals surface area contributed by atoms with Crippen molar-refractivity contribution < 1.29 is 33.6 Å². The molecule has 5 aliphatic heterocycles. The van der Waals surface area contributed by atoms with Gasteiger partial charge in [0.2, 0.25) is 5.75 Å². The van der Waals surface area contributed by atoms with Crippen molar-refractivity contribution in [2.45, 2.75) is 48.8 Å². The second-order valence-electron chi connectivity index (χ2n) is 13.6. The summed E-state index contributed by atoms with van der Waals surface area (Å²) < 4.78 is 30.9. The van der Waals surface area contributed by atoms with E-state index in [1.165, 1.54) is 18.2 Å². The van der Waals surface area contributed by atoms with Crippen molar-refractivity contribution in [1.82, 2.24) is 9.80 Å². The molecule has 1 saturated heterocycles. The van der Waals surface area contributed by atoms with Crippen LogP contribution in [0.1, 0.15) is 40.7 Å². The number of aromatic hydroxyl groups is 1. The number of benzene rings is 3. The van der Waals surface area contributed by atoms with E-state index < -0.39 is 5.54 Å². The van der Waals surface area contributed by atoms with Crippen molar-refractivity contribution in [2.75, 3.05) is 41.5 Å². The number of fused-ring (bicyclic) bond motifs is 4. The van der Waals surface area contributed by atoms with Gasteiger partial charge < -0.3 is 38.6 Å². The summed E-state index contributed by atoms with van der Waals surface area (Å²) in [6.07, 6.45) is 2.90.